The van der Waals surface area contributed by atoms with E-state index in [1.165, 1.54) is 11.3 Å². The van der Waals surface area contributed by atoms with Crippen LogP contribution in [0.1, 0.15) is 47.2 Å². The number of esters is 1. The first-order chi connectivity index (χ1) is 17.9. The zero-order chi connectivity index (χ0) is 26.9. The molecule has 1 aliphatic rings. The van der Waals surface area contributed by atoms with Crippen molar-refractivity contribution in [3.8, 4) is 0 Å². The fourth-order valence-electron chi connectivity index (χ4n) is 4.56. The van der Waals surface area contributed by atoms with E-state index in [1.54, 1.807) is 11.5 Å². The van der Waals surface area contributed by atoms with Gasteiger partial charge in [0.25, 0.3) is 11.5 Å². The molecule has 3 heterocycles. The Kier molecular flexibility index (Phi) is 12.0. The highest BCUT2D eigenvalue weighted by atomic mass is 32.1. The molecule has 1 saturated heterocycles. The molecule has 208 valence electrons. The molecule has 1 aliphatic heterocycles. The molecule has 0 spiro atoms. The second kappa shape index (κ2) is 14.7. The molecule has 38 heavy (non-hydrogen) atoms. The number of anilines is 1. The van der Waals surface area contributed by atoms with Gasteiger partial charge >= 0.3 is 5.97 Å². The topological polar surface area (TPSA) is 110 Å². The number of hydrogen-bond acceptors (Lipinski definition) is 8. The van der Waals surface area contributed by atoms with E-state index in [-0.39, 0.29) is 29.8 Å². The maximum Gasteiger partial charge on any atom is 0.345 e. The van der Waals surface area contributed by atoms with Gasteiger partial charge in [-0.25, -0.2) is 4.79 Å². The van der Waals surface area contributed by atoms with Gasteiger partial charge in [-0.3, -0.25) is 9.59 Å². The molecule has 3 N–H and O–H groups in total. The fourth-order valence-corrected chi connectivity index (χ4v) is 5.25. The Morgan fingerprint density at radius 2 is 1.71 bits per heavy atom. The van der Waals surface area contributed by atoms with E-state index < -0.39 is 5.97 Å². The lowest BCUT2D eigenvalue weighted by Crippen LogP contribution is -2.49. The summed E-state index contributed by atoms with van der Waals surface area (Å²) in [5.41, 5.74) is 1.16. The smallest absolute Gasteiger partial charge is 0.345 e. The number of aryl methyl sites for hydroxylation is 1. The quantitative estimate of drug-likeness (QED) is 0.421. The Labute approximate surface area is 229 Å². The number of carbonyl (C=O) groups excluding carboxylic acids is 2. The van der Waals surface area contributed by atoms with Crippen molar-refractivity contribution in [2.45, 2.75) is 33.7 Å². The van der Waals surface area contributed by atoms with Crippen LogP contribution in [-0.2, 0) is 11.3 Å². The lowest BCUT2D eigenvalue weighted by molar-refractivity contribution is 0.0523. The zero-order valence-corrected chi connectivity index (χ0v) is 24.1. The van der Waals surface area contributed by atoms with Crippen LogP contribution < -0.4 is 16.6 Å². The molecule has 3 aromatic rings. The predicted octanol–water partition coefficient (Wildman–Crippen LogP) is 4.34. The van der Waals surface area contributed by atoms with E-state index in [9.17, 15) is 14.4 Å². The predicted molar refractivity (Wildman–Crippen MR) is 156 cm³/mol. The highest BCUT2D eigenvalue weighted by Crippen LogP contribution is 2.31. The first kappa shape index (κ1) is 31.0. The van der Waals surface area contributed by atoms with Gasteiger partial charge in [-0.2, -0.15) is 0 Å². The van der Waals surface area contributed by atoms with Gasteiger partial charge in [-0.15, -0.1) is 11.3 Å². The molecule has 0 aliphatic carbocycles. The molecular formula is C28H41N5O4S. The van der Waals surface area contributed by atoms with Crippen molar-refractivity contribution in [3.05, 3.63) is 62.6 Å². The number of piperazine rings is 1. The third-order valence-electron chi connectivity index (χ3n) is 6.23. The van der Waals surface area contributed by atoms with Gasteiger partial charge in [0, 0.05) is 38.1 Å². The number of carbonyl (C=O) groups is 2. The lowest BCUT2D eigenvalue weighted by Gasteiger charge is -2.37. The number of hydrogen-bond donors (Lipinski definition) is 1. The van der Waals surface area contributed by atoms with Crippen LogP contribution in [0.5, 0.6) is 0 Å². The van der Waals surface area contributed by atoms with Crippen LogP contribution in [0.4, 0.5) is 5.69 Å². The summed E-state index contributed by atoms with van der Waals surface area (Å²) in [4.78, 5) is 46.3. The number of para-hydroxylation sites is 1. The Morgan fingerprint density at radius 1 is 1.03 bits per heavy atom. The van der Waals surface area contributed by atoms with Crippen molar-refractivity contribution in [1.29, 1.82) is 0 Å². The first-order valence-electron chi connectivity index (χ1n) is 13.0. The summed E-state index contributed by atoms with van der Waals surface area (Å²) < 4.78 is 7.04. The summed E-state index contributed by atoms with van der Waals surface area (Å²) in [7, 11) is 3.99. The van der Waals surface area contributed by atoms with Gasteiger partial charge < -0.3 is 30.2 Å². The molecule has 1 aromatic carbocycles. The van der Waals surface area contributed by atoms with E-state index in [4.69, 9.17) is 4.74 Å². The van der Waals surface area contributed by atoms with Gasteiger partial charge in [0.2, 0.25) is 0 Å². The van der Waals surface area contributed by atoms with Gasteiger partial charge in [0.15, 0.2) is 0 Å². The third kappa shape index (κ3) is 6.80. The average molecular weight is 544 g/mol. The van der Waals surface area contributed by atoms with E-state index in [2.05, 4.69) is 9.80 Å². The van der Waals surface area contributed by atoms with Gasteiger partial charge in [0.1, 0.15) is 5.56 Å². The summed E-state index contributed by atoms with van der Waals surface area (Å²) in [6.07, 6.45) is 0.780. The number of rotatable bonds is 8. The van der Waals surface area contributed by atoms with Crippen molar-refractivity contribution in [2.24, 2.45) is 0 Å². The number of benzene rings is 1. The monoisotopic (exact) mass is 543 g/mol. The summed E-state index contributed by atoms with van der Waals surface area (Å²) >= 11 is 1.43. The van der Waals surface area contributed by atoms with Gasteiger partial charge in [-0.1, -0.05) is 38.1 Å². The van der Waals surface area contributed by atoms with Crippen LogP contribution in [0.3, 0.4) is 0 Å². The maximum atomic E-state index is 13.7. The Bertz CT molecular complexity index is 1250. The summed E-state index contributed by atoms with van der Waals surface area (Å²) in [6.45, 7) is 9.34. The number of nitrogens with zero attached hydrogens (tertiary/aromatic N) is 4. The maximum absolute atomic E-state index is 13.7. The minimum absolute atomic E-state index is 0. The summed E-state index contributed by atoms with van der Waals surface area (Å²) in [5, 5.41) is 2.74. The molecule has 0 bridgehead atoms. The van der Waals surface area contributed by atoms with Crippen molar-refractivity contribution in [1.82, 2.24) is 20.5 Å². The van der Waals surface area contributed by atoms with Crippen molar-refractivity contribution >= 4 is 39.8 Å². The van der Waals surface area contributed by atoms with Crippen LogP contribution in [0, 0.1) is 0 Å². The van der Waals surface area contributed by atoms with E-state index in [0.29, 0.717) is 38.4 Å². The standard InChI is InChI=1S/C26H32N4O4S.C2H6.H3N/c1-4-34-26(33)22-23(28-14-16-29(17-15-28)24(31)21-11-7-18-35-21)19-9-5-6-10-20(19)30(25(22)32)13-8-12-27(2)3;1-2;/h5-7,9-11,18H,4,8,12-17H2,1-3H3;1-2H3;1H3. The number of ether oxygens (including phenoxy) is 1. The molecule has 10 heteroatoms. The minimum Gasteiger partial charge on any atom is -0.462 e. The van der Waals surface area contributed by atoms with E-state index >= 15 is 0 Å². The van der Waals surface area contributed by atoms with Crippen LogP contribution in [0.2, 0.25) is 0 Å². The van der Waals surface area contributed by atoms with Gasteiger partial charge in [0.05, 0.1) is 22.7 Å². The minimum atomic E-state index is -0.600. The molecule has 0 saturated carbocycles. The Hall–Kier alpha value is -3.21. The second-order valence-corrected chi connectivity index (χ2v) is 9.78. The molecule has 0 radical (unpaired) electrons. The number of amides is 1. The van der Waals surface area contributed by atoms with Crippen molar-refractivity contribution in [3.63, 3.8) is 0 Å². The molecule has 9 nitrogen and oxygen atoms in total. The Balaban J connectivity index is 0.00000165. The van der Waals surface area contributed by atoms with Crippen LogP contribution in [0.25, 0.3) is 10.9 Å². The number of aromatic nitrogens is 1. The zero-order valence-electron chi connectivity index (χ0n) is 23.2. The fraction of sp³-hybridized carbons (Fsp3) is 0.464. The van der Waals surface area contributed by atoms with Crippen molar-refractivity contribution in [2.75, 3.05) is 58.3 Å². The highest BCUT2D eigenvalue weighted by Gasteiger charge is 2.30. The SMILES string of the molecule is CC.CCOC(=O)c1c(N2CCN(C(=O)c3cccs3)CC2)c2ccccc2n(CCCN(C)C)c1=O.N. The van der Waals surface area contributed by atoms with E-state index in [0.717, 1.165) is 28.7 Å². The van der Waals surface area contributed by atoms with Crippen LogP contribution >= 0.6 is 11.3 Å². The lowest BCUT2D eigenvalue weighted by atomic mass is 10.1. The van der Waals surface area contributed by atoms with Gasteiger partial charge in [-0.05, 0) is 51.5 Å². The molecular weight excluding hydrogens is 502 g/mol. The van der Waals surface area contributed by atoms with Crippen LogP contribution in [-0.4, -0.2) is 79.7 Å². The first-order valence-corrected chi connectivity index (χ1v) is 13.9. The summed E-state index contributed by atoms with van der Waals surface area (Å²) in [6, 6.07) is 11.4. The molecule has 1 fully saturated rings. The normalized spacial score (nSPS) is 13.1. The Morgan fingerprint density at radius 3 is 2.32 bits per heavy atom. The number of thiophene rings is 1. The molecule has 4 rings (SSSR count). The second-order valence-electron chi connectivity index (χ2n) is 8.83. The molecule has 0 unspecified atom stereocenters. The number of fused-ring (bicyclic) bond motifs is 1. The largest absolute Gasteiger partial charge is 0.462 e. The third-order valence-corrected chi connectivity index (χ3v) is 7.09. The molecule has 0 atom stereocenters. The van der Waals surface area contributed by atoms with Crippen molar-refractivity contribution < 1.29 is 14.3 Å². The van der Waals surface area contributed by atoms with E-state index in [1.807, 2.05) is 74.6 Å². The molecule has 1 amide bonds. The summed E-state index contributed by atoms with van der Waals surface area (Å²) in [5.74, 6) is -0.580. The highest BCUT2D eigenvalue weighted by molar-refractivity contribution is 7.12. The van der Waals surface area contributed by atoms with Crippen LogP contribution in [0.15, 0.2) is 46.6 Å². The molecule has 2 aromatic heterocycles. The average Bonchev–Trinajstić information content (AvgIpc) is 3.45. The number of pyridine rings is 1.